The van der Waals surface area contributed by atoms with Crippen LogP contribution in [0.4, 0.5) is 4.39 Å². The zero-order valence-electron chi connectivity index (χ0n) is 19.0. The Morgan fingerprint density at radius 3 is 2.09 bits per heavy atom. The second-order valence-corrected chi connectivity index (χ2v) is 8.36. The van der Waals surface area contributed by atoms with Gasteiger partial charge < -0.3 is 14.8 Å². The molecule has 0 fully saturated rings. The summed E-state index contributed by atoms with van der Waals surface area (Å²) in [6.07, 6.45) is 0. The number of ether oxygens (including phenoxy) is 2. The lowest BCUT2D eigenvalue weighted by Gasteiger charge is -2.29. The fraction of sp³-hybridized carbons (Fsp3) is 0.296. The molecule has 0 aliphatic carbocycles. The van der Waals surface area contributed by atoms with E-state index in [4.69, 9.17) is 9.47 Å². The van der Waals surface area contributed by atoms with Crippen LogP contribution in [0.1, 0.15) is 43.7 Å². The molecule has 1 N–H and O–H groups in total. The first kappa shape index (κ1) is 23.3. The van der Waals surface area contributed by atoms with Gasteiger partial charge in [-0.3, -0.25) is 4.79 Å². The van der Waals surface area contributed by atoms with Crippen molar-refractivity contribution >= 4 is 5.91 Å². The topological polar surface area (TPSA) is 47.6 Å². The van der Waals surface area contributed by atoms with E-state index in [0.29, 0.717) is 12.3 Å². The van der Waals surface area contributed by atoms with Crippen molar-refractivity contribution < 1.29 is 18.7 Å². The normalized spacial score (nSPS) is 13.2. The summed E-state index contributed by atoms with van der Waals surface area (Å²) in [5.41, 5.74) is 1.20. The average Bonchev–Trinajstić information content (AvgIpc) is 2.81. The number of benzene rings is 3. The Kier molecular flexibility index (Phi) is 7.52. The van der Waals surface area contributed by atoms with Gasteiger partial charge in [0.25, 0.3) is 5.91 Å². The van der Waals surface area contributed by atoms with Gasteiger partial charge in [-0.15, -0.1) is 0 Å². The van der Waals surface area contributed by atoms with Crippen molar-refractivity contribution in [3.8, 4) is 11.5 Å². The number of methoxy groups -OCH3 is 1. The highest BCUT2D eigenvalue weighted by molar-refractivity contribution is 5.84. The summed E-state index contributed by atoms with van der Waals surface area (Å²) >= 11 is 0. The molecule has 0 aliphatic rings. The second-order valence-electron chi connectivity index (χ2n) is 8.36. The Morgan fingerprint density at radius 2 is 1.50 bits per heavy atom. The van der Waals surface area contributed by atoms with E-state index in [1.807, 2.05) is 42.5 Å². The van der Waals surface area contributed by atoms with Gasteiger partial charge in [0.1, 0.15) is 17.3 Å². The Labute approximate surface area is 189 Å². The highest BCUT2D eigenvalue weighted by Crippen LogP contribution is 2.33. The van der Waals surface area contributed by atoms with E-state index in [1.54, 1.807) is 21.0 Å². The van der Waals surface area contributed by atoms with Crippen LogP contribution in [0.2, 0.25) is 0 Å². The first-order valence-corrected chi connectivity index (χ1v) is 10.7. The predicted octanol–water partition coefficient (Wildman–Crippen LogP) is 5.70. The van der Waals surface area contributed by atoms with E-state index in [9.17, 15) is 9.18 Å². The number of carbonyl (C=O) groups is 1. The zero-order chi connectivity index (χ0) is 23.1. The highest BCUT2D eigenvalue weighted by atomic mass is 19.1. The molecule has 5 heteroatoms. The molecule has 0 spiro atoms. The molecule has 3 aromatic carbocycles. The van der Waals surface area contributed by atoms with Crippen LogP contribution in [0.5, 0.6) is 11.5 Å². The number of hydrogen-bond acceptors (Lipinski definition) is 3. The van der Waals surface area contributed by atoms with Gasteiger partial charge >= 0.3 is 0 Å². The summed E-state index contributed by atoms with van der Waals surface area (Å²) in [6, 6.07) is 23.8. The minimum Gasteiger partial charge on any atom is -0.497 e. The average molecular weight is 436 g/mol. The van der Waals surface area contributed by atoms with E-state index in [0.717, 1.165) is 11.3 Å². The van der Waals surface area contributed by atoms with E-state index in [-0.39, 0.29) is 23.6 Å². The molecule has 32 heavy (non-hydrogen) atoms. The fourth-order valence-electron chi connectivity index (χ4n) is 3.68. The van der Waals surface area contributed by atoms with Crippen molar-refractivity contribution in [2.75, 3.05) is 13.7 Å². The van der Waals surface area contributed by atoms with E-state index in [1.165, 1.54) is 29.8 Å². The first-order valence-electron chi connectivity index (χ1n) is 10.7. The van der Waals surface area contributed by atoms with Gasteiger partial charge in [0, 0.05) is 12.5 Å². The maximum atomic E-state index is 13.2. The molecular formula is C27H30FNO3. The molecule has 2 atom stereocenters. The van der Waals surface area contributed by atoms with Crippen molar-refractivity contribution in [3.63, 3.8) is 0 Å². The summed E-state index contributed by atoms with van der Waals surface area (Å²) < 4.78 is 24.3. The van der Waals surface area contributed by atoms with Crippen LogP contribution in [-0.4, -0.2) is 25.2 Å². The second kappa shape index (κ2) is 10.3. The summed E-state index contributed by atoms with van der Waals surface area (Å²) in [5.74, 6) is 0.867. The van der Waals surface area contributed by atoms with Crippen molar-refractivity contribution in [1.29, 1.82) is 0 Å². The van der Waals surface area contributed by atoms with Crippen LogP contribution in [0.25, 0.3) is 0 Å². The van der Waals surface area contributed by atoms with Gasteiger partial charge in [-0.05, 0) is 67.3 Å². The number of amides is 1. The fourth-order valence-corrected chi connectivity index (χ4v) is 3.68. The third kappa shape index (κ3) is 5.88. The molecule has 2 unspecified atom stereocenters. The maximum absolute atomic E-state index is 13.2. The Hall–Kier alpha value is -3.34. The number of halogens is 1. The maximum Gasteiger partial charge on any atom is 0.263 e. The molecule has 3 rings (SSSR count). The van der Waals surface area contributed by atoms with Gasteiger partial charge in [-0.25, -0.2) is 4.39 Å². The van der Waals surface area contributed by atoms with E-state index in [2.05, 4.69) is 24.4 Å². The van der Waals surface area contributed by atoms with Crippen LogP contribution in [0.3, 0.4) is 0 Å². The number of carbonyl (C=O) groups excluding carboxylic acids is 1. The van der Waals surface area contributed by atoms with Gasteiger partial charge in [0.2, 0.25) is 0 Å². The lowest BCUT2D eigenvalue weighted by Crippen LogP contribution is -2.47. The molecule has 3 aromatic rings. The van der Waals surface area contributed by atoms with E-state index < -0.39 is 5.60 Å². The van der Waals surface area contributed by atoms with Gasteiger partial charge in [0.15, 0.2) is 5.60 Å². The van der Waals surface area contributed by atoms with Crippen LogP contribution in [-0.2, 0) is 4.79 Å². The van der Waals surface area contributed by atoms with Crippen LogP contribution in [0.15, 0.2) is 78.9 Å². The molecule has 0 saturated carbocycles. The zero-order valence-corrected chi connectivity index (χ0v) is 19.0. The molecule has 0 saturated heterocycles. The largest absolute Gasteiger partial charge is 0.497 e. The molecular weight excluding hydrogens is 405 g/mol. The molecule has 0 radical (unpaired) electrons. The Bertz CT molecular complexity index is 1000. The summed E-state index contributed by atoms with van der Waals surface area (Å²) in [5, 5.41) is 3.06. The van der Waals surface area contributed by atoms with Gasteiger partial charge in [-0.2, -0.15) is 0 Å². The smallest absolute Gasteiger partial charge is 0.263 e. The summed E-state index contributed by atoms with van der Waals surface area (Å²) in [6.45, 7) is 6.01. The molecule has 0 bridgehead atoms. The molecule has 168 valence electrons. The first-order chi connectivity index (χ1) is 15.3. The van der Waals surface area contributed by atoms with Crippen molar-refractivity contribution in [3.05, 3.63) is 95.8 Å². The monoisotopic (exact) mass is 435 g/mol. The number of rotatable bonds is 9. The molecule has 0 aliphatic heterocycles. The summed E-state index contributed by atoms with van der Waals surface area (Å²) in [7, 11) is 1.64. The quantitative estimate of drug-likeness (QED) is 0.469. The third-order valence-corrected chi connectivity index (χ3v) is 5.69. The van der Waals surface area contributed by atoms with Crippen molar-refractivity contribution in [2.24, 2.45) is 0 Å². The molecule has 0 heterocycles. The Morgan fingerprint density at radius 1 is 0.906 bits per heavy atom. The van der Waals surface area contributed by atoms with Crippen LogP contribution >= 0.6 is 0 Å². The van der Waals surface area contributed by atoms with E-state index >= 15 is 0 Å². The lowest BCUT2D eigenvalue weighted by molar-refractivity contribution is -0.134. The predicted molar refractivity (Wildman–Crippen MR) is 125 cm³/mol. The highest BCUT2D eigenvalue weighted by Gasteiger charge is 2.31. The molecule has 4 nitrogen and oxygen atoms in total. The minimum atomic E-state index is -1.11. The minimum absolute atomic E-state index is 0.0499. The standard InChI is InChI=1S/C27H30FNO3/c1-19(20-8-6-5-7-9-20)25(21-10-14-23(31-4)15-11-21)18-29-26(30)27(2,3)32-24-16-12-22(28)13-17-24/h5-17,19,25H,18H2,1-4H3,(H,29,30). The van der Waals surface area contributed by atoms with Crippen LogP contribution in [0, 0.1) is 5.82 Å². The number of nitrogens with one attached hydrogen (secondary N) is 1. The van der Waals surface area contributed by atoms with Crippen molar-refractivity contribution in [1.82, 2.24) is 5.32 Å². The number of hydrogen-bond donors (Lipinski definition) is 1. The SMILES string of the molecule is COc1ccc(C(CNC(=O)C(C)(C)Oc2ccc(F)cc2)C(C)c2ccccc2)cc1. The molecule has 1 amide bonds. The van der Waals surface area contributed by atoms with Crippen LogP contribution < -0.4 is 14.8 Å². The van der Waals surface area contributed by atoms with Gasteiger partial charge in [-0.1, -0.05) is 49.4 Å². The molecule has 0 aromatic heterocycles. The Balaban J connectivity index is 1.76. The third-order valence-electron chi connectivity index (χ3n) is 5.69. The van der Waals surface area contributed by atoms with Gasteiger partial charge in [0.05, 0.1) is 7.11 Å². The summed E-state index contributed by atoms with van der Waals surface area (Å²) in [4.78, 5) is 13.0. The lowest BCUT2D eigenvalue weighted by atomic mass is 9.82. The van der Waals surface area contributed by atoms with Crippen molar-refractivity contribution in [2.45, 2.75) is 38.2 Å².